The van der Waals surface area contributed by atoms with Gasteiger partial charge in [-0.1, -0.05) is 11.6 Å². The minimum atomic E-state index is -0.321. The summed E-state index contributed by atoms with van der Waals surface area (Å²) >= 11 is 7.36. The second-order valence-corrected chi connectivity index (χ2v) is 5.50. The molecule has 1 heterocycles. The van der Waals surface area contributed by atoms with Crippen molar-refractivity contribution in [1.82, 2.24) is 10.3 Å². The lowest BCUT2D eigenvalue weighted by molar-refractivity contribution is 0.181. The molecule has 0 saturated carbocycles. The molecule has 0 bridgehead atoms. The van der Waals surface area contributed by atoms with E-state index in [1.807, 2.05) is 7.05 Å². The largest absolute Gasteiger partial charge is 0.378 e. The Balaban J connectivity index is 2.44. The van der Waals surface area contributed by atoms with Crippen LogP contribution in [-0.4, -0.2) is 19.1 Å². The molecule has 2 rings (SSSR count). The molecule has 0 aliphatic carbocycles. The molecule has 1 aromatic carbocycles. The summed E-state index contributed by atoms with van der Waals surface area (Å²) in [6.07, 6.45) is 0. The van der Waals surface area contributed by atoms with Crippen LogP contribution in [0.3, 0.4) is 0 Å². The number of thiazole rings is 1. The zero-order valence-electron chi connectivity index (χ0n) is 10.7. The van der Waals surface area contributed by atoms with E-state index in [1.165, 1.54) is 23.5 Å². The van der Waals surface area contributed by atoms with Crippen LogP contribution in [0.25, 0.3) is 10.6 Å². The molecule has 0 aliphatic heterocycles. The first kappa shape index (κ1) is 14.4. The Hall–Kier alpha value is -1.01. The highest BCUT2D eigenvalue weighted by atomic mass is 35.5. The van der Waals surface area contributed by atoms with Gasteiger partial charge in [-0.15, -0.1) is 11.3 Å². The van der Waals surface area contributed by atoms with Gasteiger partial charge >= 0.3 is 0 Å². The summed E-state index contributed by atoms with van der Waals surface area (Å²) in [5, 5.41) is 4.19. The molecular weight excluding hydrogens is 287 g/mol. The summed E-state index contributed by atoms with van der Waals surface area (Å²) in [6, 6.07) is 4.47. The third-order valence-electron chi connectivity index (χ3n) is 2.56. The van der Waals surface area contributed by atoms with Crippen LogP contribution in [0.4, 0.5) is 4.39 Å². The predicted molar refractivity (Wildman–Crippen MR) is 76.0 cm³/mol. The smallest absolute Gasteiger partial charge is 0.133 e. The van der Waals surface area contributed by atoms with Crippen LogP contribution in [0.15, 0.2) is 18.2 Å². The van der Waals surface area contributed by atoms with Crippen LogP contribution < -0.4 is 5.32 Å². The Labute approximate surface area is 120 Å². The maximum atomic E-state index is 13.8. The maximum Gasteiger partial charge on any atom is 0.133 e. The van der Waals surface area contributed by atoms with E-state index >= 15 is 0 Å². The van der Waals surface area contributed by atoms with Gasteiger partial charge in [0.2, 0.25) is 0 Å². The Bertz CT molecular complexity index is 550. The topological polar surface area (TPSA) is 34.2 Å². The van der Waals surface area contributed by atoms with Crippen molar-refractivity contribution in [1.29, 1.82) is 0 Å². The Kier molecular flexibility index (Phi) is 4.87. The minimum absolute atomic E-state index is 0.321. The molecule has 1 N–H and O–H groups in total. The highest BCUT2D eigenvalue weighted by molar-refractivity contribution is 7.15. The first-order valence-electron chi connectivity index (χ1n) is 5.73. The van der Waals surface area contributed by atoms with Gasteiger partial charge in [0.05, 0.1) is 12.3 Å². The van der Waals surface area contributed by atoms with E-state index in [4.69, 9.17) is 16.3 Å². The lowest BCUT2D eigenvalue weighted by Gasteiger charge is -1.99. The van der Waals surface area contributed by atoms with Gasteiger partial charge in [0, 0.05) is 29.1 Å². The van der Waals surface area contributed by atoms with E-state index in [0.717, 1.165) is 10.6 Å². The van der Waals surface area contributed by atoms with Crippen molar-refractivity contribution in [3.63, 3.8) is 0 Å². The van der Waals surface area contributed by atoms with Crippen LogP contribution in [0.1, 0.15) is 10.6 Å². The molecule has 3 nitrogen and oxygen atoms in total. The number of halogens is 2. The summed E-state index contributed by atoms with van der Waals surface area (Å²) in [6.45, 7) is 1.09. The van der Waals surface area contributed by atoms with Gasteiger partial charge in [0.25, 0.3) is 0 Å². The molecule has 0 unspecified atom stereocenters. The van der Waals surface area contributed by atoms with E-state index in [0.29, 0.717) is 28.7 Å². The molecular formula is C13H14ClFN2OS. The van der Waals surface area contributed by atoms with E-state index in [9.17, 15) is 4.39 Å². The van der Waals surface area contributed by atoms with Crippen molar-refractivity contribution in [3.8, 4) is 10.6 Å². The highest BCUT2D eigenvalue weighted by Gasteiger charge is 2.15. The number of nitrogens with zero attached hydrogens (tertiary/aromatic N) is 1. The Morgan fingerprint density at radius 1 is 1.47 bits per heavy atom. The zero-order valence-corrected chi connectivity index (χ0v) is 12.2. The Morgan fingerprint density at radius 2 is 2.26 bits per heavy atom. The number of hydrogen-bond donors (Lipinski definition) is 1. The quantitative estimate of drug-likeness (QED) is 0.918. The Morgan fingerprint density at radius 3 is 2.95 bits per heavy atom. The van der Waals surface area contributed by atoms with Gasteiger partial charge < -0.3 is 10.1 Å². The molecule has 0 aliphatic rings. The standard InChI is InChI=1S/C13H14ClFN2OS/c1-16-6-12-11(7-18-2)17-13(19-12)9-5-8(14)3-4-10(9)15/h3-5,16H,6-7H2,1-2H3. The lowest BCUT2D eigenvalue weighted by atomic mass is 10.2. The summed E-state index contributed by atoms with van der Waals surface area (Å²) in [4.78, 5) is 5.49. The van der Waals surface area contributed by atoms with Gasteiger partial charge in [-0.3, -0.25) is 0 Å². The minimum Gasteiger partial charge on any atom is -0.378 e. The number of nitrogens with one attached hydrogen (secondary N) is 1. The molecule has 2 aromatic rings. The number of hydrogen-bond acceptors (Lipinski definition) is 4. The average Bonchev–Trinajstić information content (AvgIpc) is 2.77. The van der Waals surface area contributed by atoms with Crippen molar-refractivity contribution >= 4 is 22.9 Å². The van der Waals surface area contributed by atoms with E-state index < -0.39 is 0 Å². The van der Waals surface area contributed by atoms with Gasteiger partial charge in [0.1, 0.15) is 10.8 Å². The molecule has 0 amide bonds. The molecule has 0 fully saturated rings. The fourth-order valence-electron chi connectivity index (χ4n) is 1.71. The molecule has 0 atom stereocenters. The third kappa shape index (κ3) is 3.30. The fraction of sp³-hybridized carbons (Fsp3) is 0.308. The fourth-order valence-corrected chi connectivity index (χ4v) is 2.97. The van der Waals surface area contributed by atoms with Crippen molar-refractivity contribution < 1.29 is 9.13 Å². The average molecular weight is 301 g/mol. The first-order valence-corrected chi connectivity index (χ1v) is 6.92. The number of methoxy groups -OCH3 is 1. The molecule has 19 heavy (non-hydrogen) atoms. The lowest BCUT2D eigenvalue weighted by Crippen LogP contribution is -2.06. The van der Waals surface area contributed by atoms with E-state index in [1.54, 1.807) is 13.2 Å². The SMILES string of the molecule is CNCc1sc(-c2cc(Cl)ccc2F)nc1COC. The molecule has 0 spiro atoms. The number of ether oxygens (including phenoxy) is 1. The van der Waals surface area contributed by atoms with Gasteiger partial charge in [-0.2, -0.15) is 0 Å². The van der Waals surface area contributed by atoms with Crippen LogP contribution in [-0.2, 0) is 17.9 Å². The summed E-state index contributed by atoms with van der Waals surface area (Å²) in [5.41, 5.74) is 1.26. The van der Waals surface area contributed by atoms with Crippen LogP contribution >= 0.6 is 22.9 Å². The van der Waals surface area contributed by atoms with E-state index in [2.05, 4.69) is 10.3 Å². The summed E-state index contributed by atoms with van der Waals surface area (Å²) < 4.78 is 18.9. The molecule has 0 saturated heterocycles. The van der Waals surface area contributed by atoms with Crippen molar-refractivity contribution in [2.75, 3.05) is 14.2 Å². The maximum absolute atomic E-state index is 13.8. The number of rotatable bonds is 5. The zero-order chi connectivity index (χ0) is 13.8. The number of aromatic nitrogens is 1. The normalized spacial score (nSPS) is 10.9. The molecule has 1 aromatic heterocycles. The van der Waals surface area contributed by atoms with Crippen molar-refractivity contribution in [3.05, 3.63) is 39.6 Å². The number of benzene rings is 1. The molecule has 102 valence electrons. The molecule has 0 radical (unpaired) electrons. The van der Waals surface area contributed by atoms with Crippen molar-refractivity contribution in [2.45, 2.75) is 13.2 Å². The van der Waals surface area contributed by atoms with E-state index in [-0.39, 0.29) is 5.82 Å². The second-order valence-electron chi connectivity index (χ2n) is 3.98. The van der Waals surface area contributed by atoms with Gasteiger partial charge in [-0.05, 0) is 25.2 Å². The monoisotopic (exact) mass is 300 g/mol. The van der Waals surface area contributed by atoms with Crippen LogP contribution in [0.5, 0.6) is 0 Å². The third-order valence-corrected chi connectivity index (χ3v) is 3.92. The summed E-state index contributed by atoms with van der Waals surface area (Å²) in [7, 11) is 3.47. The van der Waals surface area contributed by atoms with Crippen LogP contribution in [0.2, 0.25) is 5.02 Å². The van der Waals surface area contributed by atoms with Gasteiger partial charge in [0.15, 0.2) is 0 Å². The first-order chi connectivity index (χ1) is 9.15. The highest BCUT2D eigenvalue weighted by Crippen LogP contribution is 2.32. The van der Waals surface area contributed by atoms with Crippen molar-refractivity contribution in [2.24, 2.45) is 0 Å². The second kappa shape index (κ2) is 6.43. The molecule has 6 heteroatoms. The summed E-state index contributed by atoms with van der Waals surface area (Å²) in [5.74, 6) is -0.321. The predicted octanol–water partition coefficient (Wildman–Crippen LogP) is 3.47. The van der Waals surface area contributed by atoms with Gasteiger partial charge in [-0.25, -0.2) is 9.37 Å². The van der Waals surface area contributed by atoms with Crippen LogP contribution in [0, 0.1) is 5.82 Å².